The monoisotopic (exact) mass is 524 g/mol. The largest absolute Gasteiger partial charge is 0.387 e. The lowest BCUT2D eigenvalue weighted by Crippen LogP contribution is -2.42. The Hall–Kier alpha value is -5.08. The number of amides is 1. The van der Waals surface area contributed by atoms with Gasteiger partial charge >= 0.3 is 0 Å². The van der Waals surface area contributed by atoms with E-state index < -0.39 is 17.7 Å². The van der Waals surface area contributed by atoms with Gasteiger partial charge in [0.2, 0.25) is 0 Å². The number of anilines is 2. The molecular formula is C28H25FN8O2. The van der Waals surface area contributed by atoms with Crippen LogP contribution in [0.3, 0.4) is 0 Å². The van der Waals surface area contributed by atoms with Crippen LogP contribution in [0, 0.1) is 11.3 Å². The summed E-state index contributed by atoms with van der Waals surface area (Å²) < 4.78 is 17.8. The topological polar surface area (TPSA) is 134 Å². The van der Waals surface area contributed by atoms with Crippen LogP contribution in [0.25, 0.3) is 22.5 Å². The summed E-state index contributed by atoms with van der Waals surface area (Å²) in [6, 6.07) is 16.6. The molecule has 1 atom stereocenters. The molecule has 0 aliphatic rings. The second-order valence-electron chi connectivity index (χ2n) is 9.48. The SMILES string of the molecule is CC(C)(O)C(F)CNC(=O)c1cnc(-n2ccc3cc(C#N)cnc32)cc1Nc1ccc(-n2cccn2)cc1. The molecule has 0 saturated carbocycles. The third-order valence-corrected chi connectivity index (χ3v) is 6.16. The van der Waals surface area contributed by atoms with Gasteiger partial charge in [0, 0.05) is 48.1 Å². The number of carbonyl (C=O) groups is 1. The Bertz CT molecular complexity index is 1670. The van der Waals surface area contributed by atoms with Crippen LogP contribution in [-0.2, 0) is 0 Å². The molecule has 4 aromatic heterocycles. The van der Waals surface area contributed by atoms with Gasteiger partial charge in [-0.25, -0.2) is 19.0 Å². The number of nitrogens with one attached hydrogen (secondary N) is 2. The second kappa shape index (κ2) is 10.4. The summed E-state index contributed by atoms with van der Waals surface area (Å²) in [7, 11) is 0. The highest BCUT2D eigenvalue weighted by molar-refractivity contribution is 6.00. The Kier molecular flexibility index (Phi) is 6.79. The van der Waals surface area contributed by atoms with E-state index in [2.05, 4.69) is 31.8 Å². The van der Waals surface area contributed by atoms with Gasteiger partial charge in [-0.2, -0.15) is 10.4 Å². The zero-order chi connectivity index (χ0) is 27.6. The van der Waals surface area contributed by atoms with Crippen molar-refractivity contribution in [3.05, 3.63) is 90.6 Å². The zero-order valence-electron chi connectivity index (χ0n) is 21.2. The number of nitrogens with zero attached hydrogens (tertiary/aromatic N) is 6. The van der Waals surface area contributed by atoms with Crippen molar-refractivity contribution in [1.82, 2.24) is 29.6 Å². The summed E-state index contributed by atoms with van der Waals surface area (Å²) in [5.74, 6) is -0.0694. The molecule has 4 heterocycles. The quantitative estimate of drug-likeness (QED) is 0.279. The fourth-order valence-corrected chi connectivity index (χ4v) is 3.93. The van der Waals surface area contributed by atoms with Gasteiger partial charge in [0.1, 0.15) is 23.7 Å². The molecule has 0 bridgehead atoms. The maximum absolute atomic E-state index is 14.3. The molecule has 0 aliphatic heterocycles. The van der Waals surface area contributed by atoms with Crippen molar-refractivity contribution in [3.63, 3.8) is 0 Å². The molecule has 5 rings (SSSR count). The van der Waals surface area contributed by atoms with Gasteiger partial charge in [-0.3, -0.25) is 9.36 Å². The highest BCUT2D eigenvalue weighted by atomic mass is 19.1. The summed E-state index contributed by atoms with van der Waals surface area (Å²) >= 11 is 0. The minimum atomic E-state index is -1.66. The van der Waals surface area contributed by atoms with Gasteiger partial charge in [0.05, 0.1) is 34.6 Å². The highest BCUT2D eigenvalue weighted by Gasteiger charge is 2.27. The first-order valence-electron chi connectivity index (χ1n) is 12.1. The number of hydrogen-bond donors (Lipinski definition) is 3. The van der Waals surface area contributed by atoms with Crippen molar-refractivity contribution < 1.29 is 14.3 Å². The number of carbonyl (C=O) groups excluding carboxylic acids is 1. The Morgan fingerprint density at radius 3 is 2.64 bits per heavy atom. The van der Waals surface area contributed by atoms with E-state index in [1.54, 1.807) is 33.8 Å². The minimum absolute atomic E-state index is 0.189. The Morgan fingerprint density at radius 2 is 1.95 bits per heavy atom. The van der Waals surface area contributed by atoms with E-state index in [1.807, 2.05) is 42.6 Å². The van der Waals surface area contributed by atoms with Crippen LogP contribution in [0.5, 0.6) is 0 Å². The third kappa shape index (κ3) is 5.46. The lowest BCUT2D eigenvalue weighted by Gasteiger charge is -2.22. The van der Waals surface area contributed by atoms with Crippen LogP contribution in [0.1, 0.15) is 29.8 Å². The van der Waals surface area contributed by atoms with E-state index in [0.29, 0.717) is 28.4 Å². The summed E-state index contributed by atoms with van der Waals surface area (Å²) in [6.45, 7) is 2.32. The average Bonchev–Trinajstić information content (AvgIpc) is 3.61. The molecule has 39 heavy (non-hydrogen) atoms. The lowest BCUT2D eigenvalue weighted by molar-refractivity contribution is -0.00177. The molecule has 1 aromatic carbocycles. The van der Waals surface area contributed by atoms with Crippen LogP contribution in [-0.4, -0.2) is 53.6 Å². The molecule has 5 aromatic rings. The number of alkyl halides is 1. The van der Waals surface area contributed by atoms with Crippen LogP contribution < -0.4 is 10.6 Å². The summed E-state index contributed by atoms with van der Waals surface area (Å²) in [5.41, 5.74) is 1.62. The molecule has 10 nitrogen and oxygen atoms in total. The lowest BCUT2D eigenvalue weighted by atomic mass is 10.0. The zero-order valence-corrected chi connectivity index (χ0v) is 21.2. The van der Waals surface area contributed by atoms with Crippen LogP contribution in [0.15, 0.2) is 79.5 Å². The number of aromatic nitrogens is 5. The molecule has 0 saturated heterocycles. The van der Waals surface area contributed by atoms with E-state index in [0.717, 1.165) is 11.1 Å². The number of nitriles is 1. The Balaban J connectivity index is 1.49. The Morgan fingerprint density at radius 1 is 1.15 bits per heavy atom. The minimum Gasteiger partial charge on any atom is -0.387 e. The van der Waals surface area contributed by atoms with Gasteiger partial charge in [-0.15, -0.1) is 0 Å². The maximum Gasteiger partial charge on any atom is 0.255 e. The number of pyridine rings is 2. The third-order valence-electron chi connectivity index (χ3n) is 6.16. The van der Waals surface area contributed by atoms with Crippen LogP contribution in [0.4, 0.5) is 15.8 Å². The van der Waals surface area contributed by atoms with E-state index in [4.69, 9.17) is 0 Å². The van der Waals surface area contributed by atoms with Crippen molar-refractivity contribution in [2.24, 2.45) is 0 Å². The number of benzene rings is 1. The molecular weight excluding hydrogens is 499 g/mol. The first kappa shape index (κ1) is 25.6. The first-order valence-corrected chi connectivity index (χ1v) is 12.1. The predicted octanol–water partition coefficient (Wildman–Crippen LogP) is 4.06. The van der Waals surface area contributed by atoms with E-state index >= 15 is 0 Å². The van der Waals surface area contributed by atoms with Gasteiger partial charge in [-0.1, -0.05) is 0 Å². The highest BCUT2D eigenvalue weighted by Crippen LogP contribution is 2.26. The summed E-state index contributed by atoms with van der Waals surface area (Å²) in [4.78, 5) is 21.9. The molecule has 0 spiro atoms. The van der Waals surface area contributed by atoms with E-state index in [1.165, 1.54) is 26.2 Å². The van der Waals surface area contributed by atoms with Crippen molar-refractivity contribution in [2.45, 2.75) is 25.6 Å². The maximum atomic E-state index is 14.3. The van der Waals surface area contributed by atoms with Crippen molar-refractivity contribution in [2.75, 3.05) is 11.9 Å². The molecule has 0 fully saturated rings. The van der Waals surface area contributed by atoms with Gasteiger partial charge in [0.25, 0.3) is 5.91 Å². The smallest absolute Gasteiger partial charge is 0.255 e. The second-order valence-corrected chi connectivity index (χ2v) is 9.48. The summed E-state index contributed by atoms with van der Waals surface area (Å²) in [6.07, 6.45) is 6.53. The number of fused-ring (bicyclic) bond motifs is 1. The number of rotatable bonds is 8. The molecule has 11 heteroatoms. The van der Waals surface area contributed by atoms with E-state index in [-0.39, 0.29) is 12.1 Å². The number of halogens is 1. The van der Waals surface area contributed by atoms with Gasteiger partial charge in [0.15, 0.2) is 0 Å². The van der Waals surface area contributed by atoms with Gasteiger partial charge < -0.3 is 15.7 Å². The summed E-state index contributed by atoms with van der Waals surface area (Å²) in [5, 5.41) is 29.9. The van der Waals surface area contributed by atoms with Crippen molar-refractivity contribution in [1.29, 1.82) is 5.26 Å². The molecule has 196 valence electrons. The van der Waals surface area contributed by atoms with E-state index in [9.17, 15) is 19.6 Å². The fraction of sp³-hybridized carbons (Fsp3) is 0.179. The molecule has 3 N–H and O–H groups in total. The molecule has 1 amide bonds. The standard InChI is InChI=1S/C28H25FN8O2/c1-28(2,39)24(29)17-33-27(38)22-16-31-25(36-11-8-19-12-18(14-30)15-32-26(19)36)13-23(22)35-20-4-6-21(7-5-20)37-10-3-9-34-37/h3-13,15-16,24,39H,17H2,1-2H3,(H,31,35)(H,33,38). The Labute approximate surface area is 223 Å². The van der Waals surface area contributed by atoms with Crippen molar-refractivity contribution in [3.8, 4) is 17.6 Å². The normalized spacial score (nSPS) is 12.2. The number of hydrogen-bond acceptors (Lipinski definition) is 7. The molecule has 0 radical (unpaired) electrons. The fourth-order valence-electron chi connectivity index (χ4n) is 3.93. The van der Waals surface area contributed by atoms with Gasteiger partial charge in [-0.05, 0) is 56.3 Å². The van der Waals surface area contributed by atoms with Crippen LogP contribution in [0.2, 0.25) is 0 Å². The van der Waals surface area contributed by atoms with Crippen LogP contribution >= 0.6 is 0 Å². The number of aliphatic hydroxyl groups is 1. The molecule has 1 unspecified atom stereocenters. The first-order chi connectivity index (χ1) is 18.7. The predicted molar refractivity (Wildman–Crippen MR) is 144 cm³/mol. The average molecular weight is 525 g/mol. The molecule has 0 aliphatic carbocycles. The van der Waals surface area contributed by atoms with Crippen molar-refractivity contribution >= 4 is 28.3 Å².